The number of allylic oxidation sites excluding steroid dienone is 1. The van der Waals surface area contributed by atoms with Crippen molar-refractivity contribution in [2.75, 3.05) is 6.61 Å². The molecule has 0 aliphatic carbocycles. The maximum atomic E-state index is 12.4. The number of carbonyl (C=O) groups excluding carboxylic acids is 1. The van der Waals surface area contributed by atoms with E-state index in [1.807, 2.05) is 0 Å². The van der Waals surface area contributed by atoms with Gasteiger partial charge in [0.05, 0.1) is 12.7 Å². The van der Waals surface area contributed by atoms with E-state index in [0.29, 0.717) is 11.6 Å². The summed E-state index contributed by atoms with van der Waals surface area (Å²) in [6.07, 6.45) is 0.273. The first-order valence-corrected chi connectivity index (χ1v) is 7.48. The summed E-state index contributed by atoms with van der Waals surface area (Å²) in [5, 5.41) is 0. The Labute approximate surface area is 125 Å². The molecule has 0 saturated heterocycles. The molecule has 0 N–H and O–H groups in total. The van der Waals surface area contributed by atoms with Crippen molar-refractivity contribution in [2.45, 2.75) is 18.9 Å². The van der Waals surface area contributed by atoms with E-state index in [1.165, 1.54) is 6.92 Å². The lowest BCUT2D eigenvalue weighted by Gasteiger charge is -2.12. The van der Waals surface area contributed by atoms with Crippen LogP contribution in [0.2, 0.25) is 0 Å². The molecule has 9 heteroatoms. The van der Waals surface area contributed by atoms with E-state index in [0.717, 1.165) is 0 Å². The average molecular weight is 338 g/mol. The van der Waals surface area contributed by atoms with Crippen molar-refractivity contribution >= 4 is 16.1 Å². The lowest BCUT2D eigenvalue weighted by molar-refractivity contribution is -0.137. The zero-order chi connectivity index (χ0) is 16.8. The smallest absolute Gasteiger partial charge is 0.463 e. The predicted octanol–water partition coefficient (Wildman–Crippen LogP) is 2.54. The van der Waals surface area contributed by atoms with Crippen LogP contribution in [0.5, 0.6) is 0 Å². The molecule has 1 rings (SSSR count). The van der Waals surface area contributed by atoms with Gasteiger partial charge in [-0.2, -0.15) is 21.6 Å². The van der Waals surface area contributed by atoms with Crippen molar-refractivity contribution in [1.82, 2.24) is 0 Å². The Morgan fingerprint density at radius 1 is 1.23 bits per heavy atom. The Hall–Kier alpha value is -2.03. The van der Waals surface area contributed by atoms with Crippen LogP contribution in [0.1, 0.15) is 12.5 Å². The first-order chi connectivity index (χ1) is 10.2. The molecule has 0 unspecified atom stereocenters. The molecule has 0 atom stereocenters. The third-order valence-corrected chi connectivity index (χ3v) is 3.29. The molecule has 0 amide bonds. The van der Waals surface area contributed by atoms with Gasteiger partial charge in [0.15, 0.2) is 0 Å². The van der Waals surface area contributed by atoms with E-state index in [4.69, 9.17) is 0 Å². The molecule has 0 bridgehead atoms. The average Bonchev–Trinajstić information content (AvgIpc) is 2.38. The van der Waals surface area contributed by atoms with E-state index >= 15 is 0 Å². The van der Waals surface area contributed by atoms with Gasteiger partial charge in [-0.3, -0.25) is 0 Å². The highest BCUT2D eigenvalue weighted by Crippen LogP contribution is 2.27. The van der Waals surface area contributed by atoms with Gasteiger partial charge in [-0.25, -0.2) is 4.79 Å². The van der Waals surface area contributed by atoms with Crippen molar-refractivity contribution in [1.29, 1.82) is 0 Å². The summed E-state index contributed by atoms with van der Waals surface area (Å²) in [5.74, 6) is -1.67. The third kappa shape index (κ3) is 5.40. The van der Waals surface area contributed by atoms with Gasteiger partial charge in [0.1, 0.15) is 5.76 Å². The van der Waals surface area contributed by atoms with Gasteiger partial charge in [-0.15, -0.1) is 0 Å². The Balaban J connectivity index is 3.05. The Morgan fingerprint density at radius 2 is 1.82 bits per heavy atom. The fourth-order valence-corrected chi connectivity index (χ4v) is 1.89. The van der Waals surface area contributed by atoms with Gasteiger partial charge < -0.3 is 8.92 Å². The zero-order valence-corrected chi connectivity index (χ0v) is 12.3. The third-order valence-electron chi connectivity index (χ3n) is 2.29. The number of hydrogen-bond acceptors (Lipinski definition) is 5. The summed E-state index contributed by atoms with van der Waals surface area (Å²) in [6.45, 7) is 1.48. The van der Waals surface area contributed by atoms with Crippen molar-refractivity contribution in [3.63, 3.8) is 0 Å². The van der Waals surface area contributed by atoms with Crippen LogP contribution in [-0.2, 0) is 30.3 Å². The van der Waals surface area contributed by atoms with Crippen LogP contribution < -0.4 is 0 Å². The van der Waals surface area contributed by atoms with E-state index in [2.05, 4.69) is 8.92 Å². The fraction of sp³-hybridized carbons (Fsp3) is 0.308. The monoisotopic (exact) mass is 338 g/mol. The molecular formula is C13H13F3O5S. The standard InChI is InChI=1S/C13H13F3O5S/c1-2-20-12(17)9-11(8-10-6-4-3-5-7-10)21-22(18,19)13(14,15)16/h3-7,9H,2,8H2,1H3/b11-9+. The van der Waals surface area contributed by atoms with Crippen LogP contribution in [0, 0.1) is 0 Å². The van der Waals surface area contributed by atoms with E-state index < -0.39 is 27.4 Å². The topological polar surface area (TPSA) is 69.7 Å². The summed E-state index contributed by atoms with van der Waals surface area (Å²) >= 11 is 0. The van der Waals surface area contributed by atoms with E-state index in [1.54, 1.807) is 30.3 Å². The second kappa shape index (κ2) is 7.30. The highest BCUT2D eigenvalue weighted by atomic mass is 32.2. The Morgan fingerprint density at radius 3 is 2.32 bits per heavy atom. The molecule has 5 nitrogen and oxygen atoms in total. The number of esters is 1. The predicted molar refractivity (Wildman–Crippen MR) is 70.9 cm³/mol. The molecule has 0 fully saturated rings. The molecule has 0 radical (unpaired) electrons. The summed E-state index contributed by atoms with van der Waals surface area (Å²) in [6, 6.07) is 7.97. The molecule has 0 spiro atoms. The molecule has 1 aromatic rings. The zero-order valence-electron chi connectivity index (χ0n) is 11.5. The minimum atomic E-state index is -5.85. The summed E-state index contributed by atoms with van der Waals surface area (Å²) < 4.78 is 67.8. The van der Waals surface area contributed by atoms with Gasteiger partial charge >= 0.3 is 21.6 Å². The SMILES string of the molecule is CCOC(=O)/C=C(\Cc1ccccc1)OS(=O)(=O)C(F)(F)F. The Kier molecular flexibility index (Phi) is 5.98. The van der Waals surface area contributed by atoms with Crippen LogP contribution in [0.15, 0.2) is 42.2 Å². The van der Waals surface area contributed by atoms with Gasteiger partial charge in [0.2, 0.25) is 0 Å². The Bertz CT molecular complexity index is 635. The minimum absolute atomic E-state index is 0.0139. The van der Waals surface area contributed by atoms with Crippen molar-refractivity contribution in [3.05, 3.63) is 47.7 Å². The van der Waals surface area contributed by atoms with Gasteiger partial charge in [-0.05, 0) is 12.5 Å². The lowest BCUT2D eigenvalue weighted by Crippen LogP contribution is -2.26. The molecule has 0 saturated carbocycles. The highest BCUT2D eigenvalue weighted by Gasteiger charge is 2.48. The van der Waals surface area contributed by atoms with Crippen LogP contribution in [0.25, 0.3) is 0 Å². The fourth-order valence-electron chi connectivity index (χ4n) is 1.41. The molecule has 0 aliphatic heterocycles. The summed E-state index contributed by atoms with van der Waals surface area (Å²) in [4.78, 5) is 11.3. The highest BCUT2D eigenvalue weighted by molar-refractivity contribution is 7.87. The number of alkyl halides is 3. The lowest BCUT2D eigenvalue weighted by atomic mass is 10.1. The quantitative estimate of drug-likeness (QED) is 0.262. The normalized spacial score (nSPS) is 12.8. The summed E-state index contributed by atoms with van der Waals surface area (Å²) in [7, 11) is -5.85. The molecular weight excluding hydrogens is 325 g/mol. The molecule has 0 aliphatic rings. The van der Waals surface area contributed by atoms with Crippen molar-refractivity contribution < 1.29 is 35.3 Å². The maximum Gasteiger partial charge on any atom is 0.534 e. The second-order valence-electron chi connectivity index (χ2n) is 4.01. The van der Waals surface area contributed by atoms with Crippen molar-refractivity contribution in [2.24, 2.45) is 0 Å². The van der Waals surface area contributed by atoms with Gasteiger partial charge in [0, 0.05) is 6.42 Å². The molecule has 122 valence electrons. The largest absolute Gasteiger partial charge is 0.534 e. The molecule has 1 aromatic carbocycles. The number of ether oxygens (including phenoxy) is 1. The number of carbonyl (C=O) groups is 1. The summed E-state index contributed by atoms with van der Waals surface area (Å²) in [5.41, 5.74) is -5.12. The van der Waals surface area contributed by atoms with Crippen LogP contribution >= 0.6 is 0 Å². The van der Waals surface area contributed by atoms with Crippen LogP contribution in [-0.4, -0.2) is 26.5 Å². The molecule has 0 heterocycles. The number of benzene rings is 1. The second-order valence-corrected chi connectivity index (χ2v) is 5.55. The van der Waals surface area contributed by atoms with Crippen molar-refractivity contribution in [3.8, 4) is 0 Å². The maximum absolute atomic E-state index is 12.4. The molecule has 0 aromatic heterocycles. The number of halogens is 3. The first kappa shape index (κ1) is 18.0. The number of rotatable bonds is 6. The van der Waals surface area contributed by atoms with Crippen LogP contribution in [0.3, 0.4) is 0 Å². The molecule has 22 heavy (non-hydrogen) atoms. The van der Waals surface area contributed by atoms with Gasteiger partial charge in [0.25, 0.3) is 0 Å². The van der Waals surface area contributed by atoms with Gasteiger partial charge in [-0.1, -0.05) is 30.3 Å². The number of hydrogen-bond donors (Lipinski definition) is 0. The van der Waals surface area contributed by atoms with E-state index in [9.17, 15) is 26.4 Å². The van der Waals surface area contributed by atoms with E-state index in [-0.39, 0.29) is 13.0 Å². The van der Waals surface area contributed by atoms with Crippen LogP contribution in [0.4, 0.5) is 13.2 Å². The minimum Gasteiger partial charge on any atom is -0.463 e. The first-order valence-electron chi connectivity index (χ1n) is 6.07.